The Kier molecular flexibility index (Phi) is 4.86. The van der Waals surface area contributed by atoms with Gasteiger partial charge < -0.3 is 11.1 Å². The van der Waals surface area contributed by atoms with Crippen LogP contribution in [0.1, 0.15) is 25.3 Å². The van der Waals surface area contributed by atoms with Gasteiger partial charge in [-0.25, -0.2) is 4.99 Å². The normalized spacial score (nSPS) is 25.1. The van der Waals surface area contributed by atoms with Gasteiger partial charge in [0.2, 0.25) is 5.91 Å². The number of hydrogen-bond acceptors (Lipinski definition) is 4. The zero-order valence-electron chi connectivity index (χ0n) is 14.6. The average molecular weight is 393 g/mol. The van der Waals surface area contributed by atoms with E-state index in [0.717, 1.165) is 5.56 Å². The van der Waals surface area contributed by atoms with Gasteiger partial charge >= 0.3 is 0 Å². The van der Waals surface area contributed by atoms with E-state index >= 15 is 0 Å². The number of amides is 2. The highest BCUT2D eigenvalue weighted by atomic mass is 35.7. The molecule has 0 bridgehead atoms. The minimum atomic E-state index is -2.11. The predicted octanol–water partition coefficient (Wildman–Crippen LogP) is 4.00. The molecule has 0 aromatic heterocycles. The van der Waals surface area contributed by atoms with E-state index in [1.54, 1.807) is 36.1 Å². The topological polar surface area (TPSA) is 87.8 Å². The van der Waals surface area contributed by atoms with Gasteiger partial charge in [0.05, 0.1) is 12.0 Å². The van der Waals surface area contributed by atoms with Gasteiger partial charge in [0.15, 0.2) is 5.96 Å². The first-order valence-corrected chi connectivity index (χ1v) is 10.8. The van der Waals surface area contributed by atoms with Crippen molar-refractivity contribution in [3.05, 3.63) is 52.8 Å². The number of halogens is 1. The standard InChI is InChI=1S/C18H21ClN4O2S/c1-3-18(12-15(24)23(2)16(20)22-18)13-7-6-8-14(11-13)21-17(25)26(19)9-4-5-10-26/h4-11H,3,12H2,1-2H3,(H2,20,22)(H,21,25)/t18-/m0/s1. The molecule has 8 heteroatoms. The van der Waals surface area contributed by atoms with E-state index in [2.05, 4.69) is 10.3 Å². The number of hydrogen-bond donors (Lipinski definition) is 2. The number of nitrogens with two attached hydrogens (primary N) is 1. The Labute approximate surface area is 158 Å². The highest BCUT2D eigenvalue weighted by Gasteiger charge is 2.39. The van der Waals surface area contributed by atoms with Gasteiger partial charge in [-0.05, 0) is 54.9 Å². The molecule has 6 nitrogen and oxygen atoms in total. The van der Waals surface area contributed by atoms with Crippen LogP contribution >= 0.6 is 19.9 Å². The molecule has 2 heterocycles. The minimum Gasteiger partial charge on any atom is -0.369 e. The Morgan fingerprint density at radius 1 is 1.42 bits per heavy atom. The fourth-order valence-electron chi connectivity index (χ4n) is 2.98. The van der Waals surface area contributed by atoms with Crippen molar-refractivity contribution in [2.45, 2.75) is 25.3 Å². The molecular formula is C18H21ClN4O2S. The molecule has 0 fully saturated rings. The molecule has 138 valence electrons. The van der Waals surface area contributed by atoms with Crippen LogP contribution in [0, 0.1) is 0 Å². The minimum absolute atomic E-state index is 0.0841. The molecular weight excluding hydrogens is 372 g/mol. The summed E-state index contributed by atoms with van der Waals surface area (Å²) in [5, 5.41) is 6.03. The van der Waals surface area contributed by atoms with Crippen LogP contribution in [0.15, 0.2) is 52.2 Å². The largest absolute Gasteiger partial charge is 0.369 e. The lowest BCUT2D eigenvalue weighted by Gasteiger charge is -2.36. The molecule has 0 unspecified atom stereocenters. The van der Waals surface area contributed by atoms with Crippen LogP contribution in [-0.2, 0) is 10.3 Å². The maximum absolute atomic E-state index is 12.5. The number of rotatable bonds is 3. The molecule has 26 heavy (non-hydrogen) atoms. The van der Waals surface area contributed by atoms with Crippen LogP contribution in [0.25, 0.3) is 0 Å². The van der Waals surface area contributed by atoms with Gasteiger partial charge in [-0.1, -0.05) is 31.2 Å². The quantitative estimate of drug-likeness (QED) is 0.814. The molecule has 0 aliphatic carbocycles. The van der Waals surface area contributed by atoms with Crippen molar-refractivity contribution in [1.82, 2.24) is 4.90 Å². The second kappa shape index (κ2) is 6.81. The maximum atomic E-state index is 12.5. The molecule has 0 saturated heterocycles. The molecule has 2 amide bonds. The van der Waals surface area contributed by atoms with Crippen molar-refractivity contribution < 1.29 is 9.59 Å². The van der Waals surface area contributed by atoms with Gasteiger partial charge in [0.25, 0.3) is 5.24 Å². The van der Waals surface area contributed by atoms with Crippen molar-refractivity contribution in [2.75, 3.05) is 12.4 Å². The van der Waals surface area contributed by atoms with Crippen LogP contribution in [-0.4, -0.2) is 29.1 Å². The Hall–Kier alpha value is -2.25. The summed E-state index contributed by atoms with van der Waals surface area (Å²) >= 11 is 0. The van der Waals surface area contributed by atoms with E-state index in [1.165, 1.54) is 4.90 Å². The predicted molar refractivity (Wildman–Crippen MR) is 108 cm³/mol. The highest BCUT2D eigenvalue weighted by Crippen LogP contribution is 2.59. The summed E-state index contributed by atoms with van der Waals surface area (Å²) in [5.41, 5.74) is 6.65. The SMILES string of the molecule is CC[C@@]1(c2cccc(NC(=O)S3(Cl)C=CC=C3)c2)CC(=O)N(C)C(N)=N1. The van der Waals surface area contributed by atoms with Crippen LogP contribution in [0.5, 0.6) is 0 Å². The van der Waals surface area contributed by atoms with Gasteiger partial charge in [-0.3, -0.25) is 14.5 Å². The molecule has 0 spiro atoms. The number of anilines is 1. The van der Waals surface area contributed by atoms with Crippen molar-refractivity contribution in [3.8, 4) is 0 Å². The second-order valence-electron chi connectivity index (χ2n) is 6.26. The van der Waals surface area contributed by atoms with Crippen LogP contribution < -0.4 is 11.1 Å². The van der Waals surface area contributed by atoms with Gasteiger partial charge in [0.1, 0.15) is 0 Å². The van der Waals surface area contributed by atoms with Crippen molar-refractivity contribution in [1.29, 1.82) is 0 Å². The number of nitrogens with zero attached hydrogens (tertiary/aromatic N) is 2. The Morgan fingerprint density at radius 2 is 2.12 bits per heavy atom. The summed E-state index contributed by atoms with van der Waals surface area (Å²) in [6.45, 7) is 1.96. The number of carbonyl (C=O) groups is 2. The van der Waals surface area contributed by atoms with Crippen molar-refractivity contribution >= 4 is 42.7 Å². The first-order chi connectivity index (χ1) is 12.3. The summed E-state index contributed by atoms with van der Waals surface area (Å²) in [6, 6.07) is 7.34. The van der Waals surface area contributed by atoms with E-state index in [9.17, 15) is 9.59 Å². The fourth-order valence-corrected chi connectivity index (χ4v) is 4.70. The lowest BCUT2D eigenvalue weighted by molar-refractivity contribution is -0.128. The van der Waals surface area contributed by atoms with E-state index < -0.39 is 14.8 Å². The monoisotopic (exact) mass is 392 g/mol. The summed E-state index contributed by atoms with van der Waals surface area (Å²) in [4.78, 5) is 30.7. The lowest BCUT2D eigenvalue weighted by atomic mass is 9.83. The molecule has 2 aliphatic rings. The van der Waals surface area contributed by atoms with E-state index in [1.807, 2.05) is 25.1 Å². The molecule has 1 aromatic carbocycles. The number of aliphatic imine (C=N–C) groups is 1. The lowest BCUT2D eigenvalue weighted by Crippen LogP contribution is -2.48. The van der Waals surface area contributed by atoms with E-state index in [4.69, 9.17) is 16.4 Å². The molecule has 1 aromatic rings. The fraction of sp³-hybridized carbons (Fsp3) is 0.278. The van der Waals surface area contributed by atoms with Crippen molar-refractivity contribution in [2.24, 2.45) is 10.7 Å². The highest BCUT2D eigenvalue weighted by molar-refractivity contribution is 8.64. The summed E-state index contributed by atoms with van der Waals surface area (Å²) in [7, 11) is 5.88. The van der Waals surface area contributed by atoms with Gasteiger partial charge in [-0.2, -0.15) is 0 Å². The first kappa shape index (κ1) is 18.5. The zero-order valence-corrected chi connectivity index (χ0v) is 16.2. The maximum Gasteiger partial charge on any atom is 0.286 e. The summed E-state index contributed by atoms with van der Waals surface area (Å²) in [5.74, 6) is 0.113. The van der Waals surface area contributed by atoms with E-state index in [-0.39, 0.29) is 23.5 Å². The number of guanidine groups is 1. The zero-order chi connectivity index (χ0) is 18.9. The number of nitrogens with one attached hydrogen (secondary N) is 1. The van der Waals surface area contributed by atoms with Crippen molar-refractivity contribution in [3.63, 3.8) is 0 Å². The van der Waals surface area contributed by atoms with Crippen LogP contribution in [0.3, 0.4) is 0 Å². The average Bonchev–Trinajstić information content (AvgIpc) is 3.07. The van der Waals surface area contributed by atoms with Crippen LogP contribution in [0.2, 0.25) is 0 Å². The molecule has 3 rings (SSSR count). The third kappa shape index (κ3) is 3.24. The Bertz CT molecular complexity index is 839. The van der Waals surface area contributed by atoms with Crippen LogP contribution in [0.4, 0.5) is 10.5 Å². The Balaban J connectivity index is 1.91. The van der Waals surface area contributed by atoms with Gasteiger partial charge in [0, 0.05) is 12.7 Å². The molecule has 0 radical (unpaired) electrons. The summed E-state index contributed by atoms with van der Waals surface area (Å²) < 4.78 is 0. The Morgan fingerprint density at radius 3 is 2.73 bits per heavy atom. The number of benzene rings is 1. The molecule has 1 atom stereocenters. The van der Waals surface area contributed by atoms with Gasteiger partial charge in [-0.15, -0.1) is 0 Å². The van der Waals surface area contributed by atoms with E-state index in [0.29, 0.717) is 12.1 Å². The molecule has 2 aliphatic heterocycles. The molecule has 0 saturated carbocycles. The number of carbonyl (C=O) groups excluding carboxylic acids is 2. The second-order valence-corrected chi connectivity index (χ2v) is 9.96. The smallest absolute Gasteiger partial charge is 0.286 e. The molecule has 3 N–H and O–H groups in total. The number of allylic oxidation sites excluding steroid dienone is 2. The first-order valence-electron chi connectivity index (χ1n) is 8.21. The summed E-state index contributed by atoms with van der Waals surface area (Å²) in [6.07, 6.45) is 4.38. The third-order valence-corrected chi connectivity index (χ3v) is 7.48. The third-order valence-electron chi connectivity index (χ3n) is 4.67.